The Labute approximate surface area is 254 Å². The van der Waals surface area contributed by atoms with Crippen molar-refractivity contribution in [2.75, 3.05) is 6.61 Å². The predicted molar refractivity (Wildman–Crippen MR) is 175 cm³/mol. The number of rotatable bonds is 12. The summed E-state index contributed by atoms with van der Waals surface area (Å²) in [7, 11) is 0. The quantitative estimate of drug-likeness (QED) is 0.209. The Hall–Kier alpha value is -2.68. The molecule has 0 atom stereocenters. The third-order valence-corrected chi connectivity index (χ3v) is 10.5. The third-order valence-electron chi connectivity index (χ3n) is 10.5. The zero-order valence-corrected chi connectivity index (χ0v) is 27.1. The Morgan fingerprint density at radius 1 is 0.690 bits per heavy atom. The van der Waals surface area contributed by atoms with Crippen LogP contribution in [-0.2, 0) is 19.3 Å². The third kappa shape index (κ3) is 6.61. The Morgan fingerprint density at radius 3 is 1.86 bits per heavy atom. The molecule has 228 valence electrons. The van der Waals surface area contributed by atoms with E-state index >= 15 is 8.78 Å². The van der Waals surface area contributed by atoms with Gasteiger partial charge in [-0.05, 0) is 115 Å². The molecule has 0 spiro atoms. The van der Waals surface area contributed by atoms with Crippen LogP contribution in [0.3, 0.4) is 0 Å². The molecule has 0 saturated heterocycles. The summed E-state index contributed by atoms with van der Waals surface area (Å²) in [6.07, 6.45) is 10.3. The molecule has 42 heavy (non-hydrogen) atoms. The fraction of sp³-hybridized carbons (Fsp3) is 0.538. The number of aryl methyl sites for hydroxylation is 1. The molecule has 0 bridgehead atoms. The van der Waals surface area contributed by atoms with Crippen molar-refractivity contribution in [3.05, 3.63) is 76.4 Å². The molecule has 0 unspecified atom stereocenters. The van der Waals surface area contributed by atoms with Gasteiger partial charge >= 0.3 is 0 Å². The van der Waals surface area contributed by atoms with Crippen LogP contribution >= 0.6 is 0 Å². The highest BCUT2D eigenvalue weighted by Crippen LogP contribution is 2.41. The highest BCUT2D eigenvalue weighted by Gasteiger charge is 2.27. The lowest BCUT2D eigenvalue weighted by molar-refractivity contribution is 0.126. The number of hydrogen-bond donors (Lipinski definition) is 0. The standard InChI is InChI=1S/C39H52F2O/c1-8-27-22-35(31(9-2)32(10-3)38(27)42-25-39(11-4,12-5)13-6)34-21-19-30(24-37(34)41)33-20-18-29(23-36(33)40)28-16-14-26(7)15-17-28/h18-24,26,28H,8-17,25H2,1-7H3. The molecule has 1 saturated carbocycles. The number of ether oxygens (including phenoxy) is 1. The van der Waals surface area contributed by atoms with Crippen molar-refractivity contribution < 1.29 is 13.5 Å². The van der Waals surface area contributed by atoms with Gasteiger partial charge in [-0.25, -0.2) is 8.78 Å². The Balaban J connectivity index is 1.69. The van der Waals surface area contributed by atoms with E-state index in [9.17, 15) is 0 Å². The summed E-state index contributed by atoms with van der Waals surface area (Å²) in [4.78, 5) is 0. The maximum atomic E-state index is 15.9. The summed E-state index contributed by atoms with van der Waals surface area (Å²) >= 11 is 0. The van der Waals surface area contributed by atoms with Crippen molar-refractivity contribution in [3.8, 4) is 28.0 Å². The first-order valence-corrected chi connectivity index (χ1v) is 16.6. The van der Waals surface area contributed by atoms with Crippen LogP contribution in [0.4, 0.5) is 8.78 Å². The highest BCUT2D eigenvalue weighted by atomic mass is 19.1. The van der Waals surface area contributed by atoms with Crippen molar-refractivity contribution in [3.63, 3.8) is 0 Å². The molecule has 4 rings (SSSR count). The molecule has 3 heteroatoms. The monoisotopic (exact) mass is 574 g/mol. The second-order valence-corrected chi connectivity index (χ2v) is 12.7. The van der Waals surface area contributed by atoms with Crippen LogP contribution < -0.4 is 4.74 Å². The molecule has 1 aliphatic rings. The van der Waals surface area contributed by atoms with Crippen molar-refractivity contribution >= 4 is 0 Å². The van der Waals surface area contributed by atoms with E-state index in [-0.39, 0.29) is 17.0 Å². The van der Waals surface area contributed by atoms with Crippen molar-refractivity contribution in [1.29, 1.82) is 0 Å². The van der Waals surface area contributed by atoms with Gasteiger partial charge in [0.25, 0.3) is 0 Å². The van der Waals surface area contributed by atoms with Crippen LogP contribution in [-0.4, -0.2) is 6.61 Å². The van der Waals surface area contributed by atoms with E-state index in [1.807, 2.05) is 24.3 Å². The van der Waals surface area contributed by atoms with Crippen LogP contribution in [0.1, 0.15) is 122 Å². The van der Waals surface area contributed by atoms with E-state index in [4.69, 9.17) is 4.74 Å². The zero-order chi connectivity index (χ0) is 30.4. The van der Waals surface area contributed by atoms with Crippen LogP contribution in [0.5, 0.6) is 5.75 Å². The van der Waals surface area contributed by atoms with E-state index in [1.54, 1.807) is 6.07 Å². The Bertz CT molecular complexity index is 1340. The second kappa shape index (κ2) is 14.2. The lowest BCUT2D eigenvalue weighted by Gasteiger charge is -2.32. The highest BCUT2D eigenvalue weighted by molar-refractivity contribution is 5.76. The minimum atomic E-state index is -0.313. The summed E-state index contributed by atoms with van der Waals surface area (Å²) in [5, 5.41) is 0. The van der Waals surface area contributed by atoms with Crippen LogP contribution in [0.15, 0.2) is 42.5 Å². The van der Waals surface area contributed by atoms with Gasteiger partial charge in [0.05, 0.1) is 6.61 Å². The van der Waals surface area contributed by atoms with E-state index in [0.29, 0.717) is 29.2 Å². The zero-order valence-electron chi connectivity index (χ0n) is 27.1. The normalized spacial score (nSPS) is 17.5. The van der Waals surface area contributed by atoms with Gasteiger partial charge in [0.1, 0.15) is 17.4 Å². The molecular formula is C39H52F2O. The van der Waals surface area contributed by atoms with Crippen LogP contribution in [0.25, 0.3) is 22.3 Å². The lowest BCUT2D eigenvalue weighted by atomic mass is 9.79. The SMILES string of the molecule is CCc1cc(-c2ccc(-c3ccc(C4CCC(C)CC4)cc3F)cc2F)c(CC)c(CC)c1OCC(CC)(CC)CC. The van der Waals surface area contributed by atoms with Gasteiger partial charge in [-0.1, -0.05) is 85.6 Å². The van der Waals surface area contributed by atoms with Gasteiger partial charge in [-0.2, -0.15) is 0 Å². The predicted octanol–water partition coefficient (Wildman–Crippen LogP) is 11.9. The molecule has 0 radical (unpaired) electrons. The fourth-order valence-electron chi connectivity index (χ4n) is 7.08. The van der Waals surface area contributed by atoms with E-state index < -0.39 is 0 Å². The molecule has 3 aromatic carbocycles. The summed E-state index contributed by atoms with van der Waals surface area (Å²) in [6, 6.07) is 12.9. The molecule has 3 aromatic rings. The maximum Gasteiger partial charge on any atom is 0.131 e. The maximum absolute atomic E-state index is 15.9. The summed E-state index contributed by atoms with van der Waals surface area (Å²) in [5.74, 6) is 1.59. The van der Waals surface area contributed by atoms with Crippen molar-refractivity contribution in [2.24, 2.45) is 11.3 Å². The number of hydrogen-bond acceptors (Lipinski definition) is 1. The van der Waals surface area contributed by atoms with Crippen LogP contribution in [0, 0.1) is 23.0 Å². The van der Waals surface area contributed by atoms with E-state index in [2.05, 4.69) is 54.5 Å². The minimum absolute atomic E-state index is 0.172. The van der Waals surface area contributed by atoms with E-state index in [0.717, 1.165) is 85.3 Å². The van der Waals surface area contributed by atoms with E-state index in [1.165, 1.54) is 24.5 Å². The second-order valence-electron chi connectivity index (χ2n) is 12.7. The first-order valence-electron chi connectivity index (χ1n) is 16.6. The van der Waals surface area contributed by atoms with Gasteiger partial charge < -0.3 is 4.74 Å². The summed E-state index contributed by atoms with van der Waals surface area (Å²) < 4.78 is 38.0. The van der Waals surface area contributed by atoms with Crippen molar-refractivity contribution in [1.82, 2.24) is 0 Å². The molecule has 0 N–H and O–H groups in total. The largest absolute Gasteiger partial charge is 0.492 e. The number of halogens is 2. The Kier molecular flexibility index (Phi) is 10.9. The molecule has 0 aliphatic heterocycles. The van der Waals surface area contributed by atoms with Gasteiger partial charge in [0.15, 0.2) is 0 Å². The first-order chi connectivity index (χ1) is 20.2. The molecular weight excluding hydrogens is 522 g/mol. The average molecular weight is 575 g/mol. The first kappa shape index (κ1) is 32.2. The van der Waals surface area contributed by atoms with Crippen molar-refractivity contribution in [2.45, 2.75) is 119 Å². The summed E-state index contributed by atoms with van der Waals surface area (Å²) in [5.41, 5.74) is 7.24. The molecule has 1 nitrogen and oxygen atoms in total. The van der Waals surface area contributed by atoms with Gasteiger partial charge in [0, 0.05) is 16.5 Å². The topological polar surface area (TPSA) is 9.23 Å². The summed E-state index contributed by atoms with van der Waals surface area (Å²) in [6.45, 7) is 16.2. The van der Waals surface area contributed by atoms with Gasteiger partial charge in [0.2, 0.25) is 0 Å². The van der Waals surface area contributed by atoms with Crippen LogP contribution in [0.2, 0.25) is 0 Å². The molecule has 1 aliphatic carbocycles. The minimum Gasteiger partial charge on any atom is -0.492 e. The average Bonchev–Trinajstić information content (AvgIpc) is 3.01. The molecule has 0 heterocycles. The Morgan fingerprint density at radius 2 is 1.31 bits per heavy atom. The number of benzene rings is 3. The molecule has 0 amide bonds. The van der Waals surface area contributed by atoms with Gasteiger partial charge in [-0.3, -0.25) is 0 Å². The molecule has 0 aromatic heterocycles. The smallest absolute Gasteiger partial charge is 0.131 e. The fourth-order valence-corrected chi connectivity index (χ4v) is 7.08. The van der Waals surface area contributed by atoms with Gasteiger partial charge in [-0.15, -0.1) is 0 Å². The molecule has 1 fully saturated rings. The lowest BCUT2D eigenvalue weighted by Crippen LogP contribution is -2.27.